The Balaban J connectivity index is 1.73. The van der Waals surface area contributed by atoms with E-state index in [0.717, 1.165) is 19.5 Å². The molecule has 7 heteroatoms. The summed E-state index contributed by atoms with van der Waals surface area (Å²) in [5.41, 5.74) is 0.539. The van der Waals surface area contributed by atoms with Crippen molar-refractivity contribution in [1.82, 2.24) is 20.5 Å². The number of hydrogen-bond acceptors (Lipinski definition) is 5. The monoisotopic (exact) mass is 291 g/mol. The molecule has 2 amide bonds. The van der Waals surface area contributed by atoms with Gasteiger partial charge in [-0.2, -0.15) is 0 Å². The van der Waals surface area contributed by atoms with Crippen LogP contribution in [0.3, 0.4) is 0 Å². The van der Waals surface area contributed by atoms with Crippen LogP contribution in [0.1, 0.15) is 16.8 Å². The molecule has 1 aromatic rings. The number of rotatable bonds is 6. The minimum Gasteiger partial charge on any atom is -0.372 e. The number of nitrogens with one attached hydrogen (secondary N) is 3. The zero-order valence-electron chi connectivity index (χ0n) is 12.2. The van der Waals surface area contributed by atoms with Gasteiger partial charge in [0.25, 0.3) is 5.91 Å². The normalized spacial score (nSPS) is 15.4. The summed E-state index contributed by atoms with van der Waals surface area (Å²) in [5.74, 6) is 0.505. The molecule has 1 aliphatic rings. The summed E-state index contributed by atoms with van der Waals surface area (Å²) in [4.78, 5) is 29.5. The number of piperazine rings is 1. The van der Waals surface area contributed by atoms with Gasteiger partial charge < -0.3 is 16.0 Å². The van der Waals surface area contributed by atoms with Gasteiger partial charge in [0.05, 0.1) is 12.1 Å². The van der Waals surface area contributed by atoms with E-state index < -0.39 is 0 Å². The summed E-state index contributed by atoms with van der Waals surface area (Å²) in [6, 6.07) is 3.48. The highest BCUT2D eigenvalue weighted by atomic mass is 16.2. The highest BCUT2D eigenvalue weighted by Crippen LogP contribution is 2.09. The van der Waals surface area contributed by atoms with Gasteiger partial charge in [-0.3, -0.25) is 14.5 Å². The van der Waals surface area contributed by atoms with Crippen LogP contribution in [0.2, 0.25) is 0 Å². The van der Waals surface area contributed by atoms with E-state index in [0.29, 0.717) is 31.0 Å². The molecule has 0 unspecified atom stereocenters. The van der Waals surface area contributed by atoms with Crippen LogP contribution in [0.4, 0.5) is 5.82 Å². The molecule has 0 spiro atoms. The summed E-state index contributed by atoms with van der Waals surface area (Å²) in [6.07, 6.45) is 2.46. The highest BCUT2D eigenvalue weighted by molar-refractivity contribution is 5.98. The lowest BCUT2D eigenvalue weighted by Gasteiger charge is -2.26. The molecule has 1 aromatic heterocycles. The number of hydrogen-bond donors (Lipinski definition) is 3. The molecule has 2 rings (SSSR count). The minimum absolute atomic E-state index is 0.0688. The van der Waals surface area contributed by atoms with Crippen molar-refractivity contribution in [3.8, 4) is 0 Å². The fourth-order valence-corrected chi connectivity index (χ4v) is 2.27. The predicted octanol–water partition coefficient (Wildman–Crippen LogP) is -0.325. The molecule has 0 bridgehead atoms. The quantitative estimate of drug-likeness (QED) is 0.625. The van der Waals surface area contributed by atoms with Crippen molar-refractivity contribution in [2.24, 2.45) is 0 Å². The van der Waals surface area contributed by atoms with Crippen molar-refractivity contribution in [3.05, 3.63) is 23.9 Å². The maximum absolute atomic E-state index is 12.1. The first-order chi connectivity index (χ1) is 10.2. The van der Waals surface area contributed by atoms with Crippen LogP contribution >= 0.6 is 0 Å². The Morgan fingerprint density at radius 2 is 2.38 bits per heavy atom. The summed E-state index contributed by atoms with van der Waals surface area (Å²) in [7, 11) is 1.74. The minimum atomic E-state index is -0.135. The lowest BCUT2D eigenvalue weighted by molar-refractivity contribution is -0.124. The highest BCUT2D eigenvalue weighted by Gasteiger charge is 2.15. The molecular weight excluding hydrogens is 270 g/mol. The Morgan fingerprint density at radius 3 is 3.14 bits per heavy atom. The topological polar surface area (TPSA) is 86.4 Å². The Labute approximate surface area is 124 Å². The first-order valence-corrected chi connectivity index (χ1v) is 7.10. The lowest BCUT2D eigenvalue weighted by atomic mass is 10.2. The zero-order chi connectivity index (χ0) is 15.1. The first-order valence-electron chi connectivity index (χ1n) is 7.10. The van der Waals surface area contributed by atoms with Gasteiger partial charge >= 0.3 is 0 Å². The Bertz CT molecular complexity index is 506. The summed E-state index contributed by atoms with van der Waals surface area (Å²) in [5, 5.41) is 8.57. The van der Waals surface area contributed by atoms with Gasteiger partial charge in [0.2, 0.25) is 5.91 Å². The molecule has 21 heavy (non-hydrogen) atoms. The largest absolute Gasteiger partial charge is 0.372 e. The van der Waals surface area contributed by atoms with E-state index in [1.165, 1.54) is 0 Å². The number of anilines is 1. The van der Waals surface area contributed by atoms with Crippen LogP contribution in [0, 0.1) is 0 Å². The molecule has 1 aliphatic heterocycles. The van der Waals surface area contributed by atoms with E-state index in [-0.39, 0.29) is 11.8 Å². The van der Waals surface area contributed by atoms with E-state index in [2.05, 4.69) is 25.8 Å². The van der Waals surface area contributed by atoms with Crippen molar-refractivity contribution >= 4 is 17.6 Å². The van der Waals surface area contributed by atoms with Crippen LogP contribution in [-0.4, -0.2) is 61.5 Å². The van der Waals surface area contributed by atoms with Crippen molar-refractivity contribution in [2.75, 3.05) is 45.1 Å². The summed E-state index contributed by atoms with van der Waals surface area (Å²) >= 11 is 0. The maximum atomic E-state index is 12.1. The second-order valence-electron chi connectivity index (χ2n) is 4.89. The molecule has 3 N–H and O–H groups in total. The molecule has 0 aliphatic carbocycles. The summed E-state index contributed by atoms with van der Waals surface area (Å²) in [6.45, 7) is 3.40. The van der Waals surface area contributed by atoms with E-state index in [1.54, 1.807) is 25.4 Å². The second-order valence-corrected chi connectivity index (χ2v) is 4.89. The van der Waals surface area contributed by atoms with Gasteiger partial charge in [-0.1, -0.05) is 0 Å². The number of carbonyl (C=O) groups is 2. The van der Waals surface area contributed by atoms with Gasteiger partial charge in [-0.05, 0) is 18.6 Å². The number of carbonyl (C=O) groups excluding carboxylic acids is 2. The van der Waals surface area contributed by atoms with Crippen LogP contribution in [0.15, 0.2) is 18.3 Å². The third-order valence-electron chi connectivity index (χ3n) is 3.34. The smallest absolute Gasteiger partial charge is 0.255 e. The number of nitrogens with zero attached hydrogens (tertiary/aromatic N) is 2. The SMILES string of the molecule is CNc1ncccc1C(=O)NCCCN1CCNC(=O)C1. The molecule has 114 valence electrons. The van der Waals surface area contributed by atoms with E-state index in [4.69, 9.17) is 0 Å². The van der Waals surface area contributed by atoms with E-state index >= 15 is 0 Å². The molecular formula is C14H21N5O2. The standard InChI is InChI=1S/C14H21N5O2/c1-15-13-11(4-2-5-17-13)14(21)18-6-3-8-19-9-7-16-12(20)10-19/h2,4-5H,3,6-10H2,1H3,(H,15,17)(H,16,20)(H,18,21). The average molecular weight is 291 g/mol. The van der Waals surface area contributed by atoms with Crippen LogP contribution < -0.4 is 16.0 Å². The third kappa shape index (κ3) is 4.42. The van der Waals surface area contributed by atoms with Crippen molar-refractivity contribution in [3.63, 3.8) is 0 Å². The van der Waals surface area contributed by atoms with E-state index in [1.807, 2.05) is 0 Å². The first kappa shape index (κ1) is 15.2. The molecule has 0 radical (unpaired) electrons. The Kier molecular flexibility index (Phi) is 5.51. The van der Waals surface area contributed by atoms with Gasteiger partial charge in [0.1, 0.15) is 5.82 Å². The fraction of sp³-hybridized carbons (Fsp3) is 0.500. The predicted molar refractivity (Wildman–Crippen MR) is 80.2 cm³/mol. The lowest BCUT2D eigenvalue weighted by Crippen LogP contribution is -2.48. The molecule has 1 saturated heterocycles. The summed E-state index contributed by atoms with van der Waals surface area (Å²) < 4.78 is 0. The second kappa shape index (κ2) is 7.58. The molecule has 1 fully saturated rings. The third-order valence-corrected chi connectivity index (χ3v) is 3.34. The van der Waals surface area contributed by atoms with Gasteiger partial charge in [-0.15, -0.1) is 0 Å². The van der Waals surface area contributed by atoms with Crippen molar-refractivity contribution < 1.29 is 9.59 Å². The molecule has 0 saturated carbocycles. The number of pyridine rings is 1. The molecule has 7 nitrogen and oxygen atoms in total. The van der Waals surface area contributed by atoms with Crippen molar-refractivity contribution in [2.45, 2.75) is 6.42 Å². The molecule has 2 heterocycles. The van der Waals surface area contributed by atoms with Crippen LogP contribution in [0.5, 0.6) is 0 Å². The van der Waals surface area contributed by atoms with Gasteiger partial charge in [0, 0.05) is 39.4 Å². The average Bonchev–Trinajstić information content (AvgIpc) is 2.51. The molecule has 0 aromatic carbocycles. The van der Waals surface area contributed by atoms with Crippen LogP contribution in [-0.2, 0) is 4.79 Å². The maximum Gasteiger partial charge on any atom is 0.255 e. The fourth-order valence-electron chi connectivity index (χ4n) is 2.27. The Hall–Kier alpha value is -2.15. The molecule has 0 atom stereocenters. The van der Waals surface area contributed by atoms with Gasteiger partial charge in [-0.25, -0.2) is 4.98 Å². The van der Waals surface area contributed by atoms with E-state index in [9.17, 15) is 9.59 Å². The van der Waals surface area contributed by atoms with Crippen LogP contribution in [0.25, 0.3) is 0 Å². The Morgan fingerprint density at radius 1 is 1.52 bits per heavy atom. The van der Waals surface area contributed by atoms with Crippen molar-refractivity contribution in [1.29, 1.82) is 0 Å². The van der Waals surface area contributed by atoms with Gasteiger partial charge in [0.15, 0.2) is 0 Å². The zero-order valence-corrected chi connectivity index (χ0v) is 12.2. The number of aromatic nitrogens is 1. The number of amides is 2.